The molecule has 0 aliphatic heterocycles. The molecule has 0 fully saturated rings. The molecular weight excluding hydrogens is 485 g/mol. The van der Waals surface area contributed by atoms with Crippen LogP contribution in [-0.2, 0) is 12.7 Å². The third-order valence-electron chi connectivity index (χ3n) is 5.66. The third-order valence-corrected chi connectivity index (χ3v) is 5.66. The highest BCUT2D eigenvalue weighted by Crippen LogP contribution is 2.40. The second-order valence-electron chi connectivity index (χ2n) is 8.62. The lowest BCUT2D eigenvalue weighted by atomic mass is 10.0. The predicted molar refractivity (Wildman–Crippen MR) is 130 cm³/mol. The monoisotopic (exact) mass is 506 g/mol. The van der Waals surface area contributed by atoms with Crippen LogP contribution in [0, 0.1) is 11.3 Å². The number of anilines is 1. The van der Waals surface area contributed by atoms with Gasteiger partial charge in [-0.2, -0.15) is 23.5 Å². The SMILES string of the molecule is CC(C)c1nn(Cc2ccc(C#N)cc2)c(C(F)(F)F)c1NC(=O)c1cc(C(N)=O)nc2ccccc12. The summed E-state index contributed by atoms with van der Waals surface area (Å²) in [5.74, 6) is -2.21. The van der Waals surface area contributed by atoms with Gasteiger partial charge in [0, 0.05) is 5.39 Å². The Morgan fingerprint density at radius 1 is 1.14 bits per heavy atom. The molecule has 0 aliphatic rings. The number of carbonyl (C=O) groups excluding carboxylic acids is 2. The fraction of sp³-hybridized carbons (Fsp3) is 0.192. The predicted octanol–water partition coefficient (Wildman–Crippen LogP) is 4.84. The number of rotatable bonds is 6. The molecule has 3 N–H and O–H groups in total. The Labute approximate surface area is 209 Å². The van der Waals surface area contributed by atoms with E-state index in [1.807, 2.05) is 6.07 Å². The number of carbonyl (C=O) groups is 2. The zero-order valence-electron chi connectivity index (χ0n) is 19.8. The molecule has 8 nitrogen and oxygen atoms in total. The molecule has 11 heteroatoms. The Bertz CT molecular complexity index is 1550. The van der Waals surface area contributed by atoms with Crippen LogP contribution in [0.25, 0.3) is 10.9 Å². The van der Waals surface area contributed by atoms with Gasteiger partial charge in [-0.1, -0.05) is 44.2 Å². The molecule has 0 aliphatic carbocycles. The summed E-state index contributed by atoms with van der Waals surface area (Å²) in [5, 5.41) is 15.9. The molecule has 0 atom stereocenters. The number of nitrogens with one attached hydrogen (secondary N) is 1. The van der Waals surface area contributed by atoms with Crippen molar-refractivity contribution in [2.75, 3.05) is 5.32 Å². The van der Waals surface area contributed by atoms with Crippen molar-refractivity contribution in [2.45, 2.75) is 32.5 Å². The van der Waals surface area contributed by atoms with Crippen LogP contribution in [0.2, 0.25) is 0 Å². The van der Waals surface area contributed by atoms with Gasteiger partial charge in [-0.3, -0.25) is 14.3 Å². The minimum atomic E-state index is -4.85. The molecule has 2 heterocycles. The molecule has 0 radical (unpaired) electrons. The van der Waals surface area contributed by atoms with Gasteiger partial charge in [0.25, 0.3) is 11.8 Å². The van der Waals surface area contributed by atoms with Crippen molar-refractivity contribution in [2.24, 2.45) is 5.73 Å². The van der Waals surface area contributed by atoms with Crippen LogP contribution >= 0.6 is 0 Å². The average molecular weight is 506 g/mol. The summed E-state index contributed by atoms with van der Waals surface area (Å²) in [7, 11) is 0. The molecule has 2 amide bonds. The van der Waals surface area contributed by atoms with Crippen LogP contribution in [-0.4, -0.2) is 26.6 Å². The van der Waals surface area contributed by atoms with Gasteiger partial charge in [-0.05, 0) is 35.7 Å². The first-order chi connectivity index (χ1) is 17.5. The van der Waals surface area contributed by atoms with Crippen molar-refractivity contribution in [3.8, 4) is 6.07 Å². The summed E-state index contributed by atoms with van der Waals surface area (Å²) in [6.07, 6.45) is -4.85. The topological polar surface area (TPSA) is 127 Å². The molecule has 188 valence electrons. The fourth-order valence-electron chi connectivity index (χ4n) is 3.94. The number of benzene rings is 2. The summed E-state index contributed by atoms with van der Waals surface area (Å²) in [4.78, 5) is 29.3. The van der Waals surface area contributed by atoms with Crippen LogP contribution < -0.4 is 11.1 Å². The highest BCUT2D eigenvalue weighted by Gasteiger charge is 2.41. The van der Waals surface area contributed by atoms with Gasteiger partial charge in [-0.15, -0.1) is 0 Å². The number of para-hydroxylation sites is 1. The summed E-state index contributed by atoms with van der Waals surface area (Å²) >= 11 is 0. The molecule has 37 heavy (non-hydrogen) atoms. The molecule has 0 unspecified atom stereocenters. The van der Waals surface area contributed by atoms with Crippen LogP contribution in [0.1, 0.15) is 63.1 Å². The molecule has 2 aromatic carbocycles. The first-order valence-electron chi connectivity index (χ1n) is 11.2. The smallest absolute Gasteiger partial charge is 0.364 e. The quantitative estimate of drug-likeness (QED) is 0.387. The van der Waals surface area contributed by atoms with Crippen molar-refractivity contribution >= 4 is 28.4 Å². The lowest BCUT2D eigenvalue weighted by molar-refractivity contribution is -0.143. The normalized spacial score (nSPS) is 11.5. The molecule has 0 spiro atoms. The highest BCUT2D eigenvalue weighted by atomic mass is 19.4. The van der Waals surface area contributed by atoms with E-state index in [4.69, 9.17) is 11.0 Å². The van der Waals surface area contributed by atoms with E-state index in [1.54, 1.807) is 50.2 Å². The van der Waals surface area contributed by atoms with E-state index < -0.39 is 35.3 Å². The third kappa shape index (κ3) is 5.13. The van der Waals surface area contributed by atoms with Crippen LogP contribution in [0.4, 0.5) is 18.9 Å². The number of amides is 2. The van der Waals surface area contributed by atoms with E-state index in [1.165, 1.54) is 12.1 Å². The van der Waals surface area contributed by atoms with Crippen molar-refractivity contribution in [1.82, 2.24) is 14.8 Å². The first kappa shape index (κ1) is 25.4. The van der Waals surface area contributed by atoms with Gasteiger partial charge in [0.05, 0.1) is 40.6 Å². The molecule has 4 aromatic rings. The number of hydrogen-bond acceptors (Lipinski definition) is 5. The Balaban J connectivity index is 1.83. The average Bonchev–Trinajstić information content (AvgIpc) is 3.22. The van der Waals surface area contributed by atoms with Gasteiger partial charge in [0.15, 0.2) is 5.69 Å². The van der Waals surface area contributed by atoms with E-state index in [9.17, 15) is 22.8 Å². The number of hydrogen-bond donors (Lipinski definition) is 2. The van der Waals surface area contributed by atoms with Gasteiger partial charge < -0.3 is 11.1 Å². The van der Waals surface area contributed by atoms with Crippen molar-refractivity contribution in [3.05, 3.63) is 88.4 Å². The molecule has 2 aromatic heterocycles. The van der Waals surface area contributed by atoms with Gasteiger partial charge >= 0.3 is 6.18 Å². The van der Waals surface area contributed by atoms with Gasteiger partial charge in [-0.25, -0.2) is 4.98 Å². The number of pyridine rings is 1. The van der Waals surface area contributed by atoms with E-state index in [0.29, 0.717) is 22.0 Å². The standard InChI is InChI=1S/C26H21F3N6O2/c1-14(2)21-22(23(26(27,28)29)35(34-21)13-16-9-7-15(12-30)8-10-16)33-25(37)18-11-20(24(31)36)32-19-6-4-3-5-17(18)19/h3-11,14H,13H2,1-2H3,(H2,31,36)(H,33,37). The van der Waals surface area contributed by atoms with Crippen molar-refractivity contribution in [1.29, 1.82) is 5.26 Å². The van der Waals surface area contributed by atoms with Gasteiger partial charge in [0.2, 0.25) is 0 Å². The number of halogens is 3. The van der Waals surface area contributed by atoms with Crippen LogP contribution in [0.3, 0.4) is 0 Å². The Kier molecular flexibility index (Phi) is 6.68. The maximum Gasteiger partial charge on any atom is 0.435 e. The lowest BCUT2D eigenvalue weighted by Crippen LogP contribution is -2.21. The Morgan fingerprint density at radius 2 is 1.81 bits per heavy atom. The number of alkyl halides is 3. The van der Waals surface area contributed by atoms with Gasteiger partial charge in [0.1, 0.15) is 5.69 Å². The summed E-state index contributed by atoms with van der Waals surface area (Å²) in [6, 6.07) is 15.6. The number of fused-ring (bicyclic) bond motifs is 1. The fourth-order valence-corrected chi connectivity index (χ4v) is 3.94. The Morgan fingerprint density at radius 3 is 2.41 bits per heavy atom. The molecule has 4 rings (SSSR count). The zero-order chi connectivity index (χ0) is 26.9. The lowest BCUT2D eigenvalue weighted by Gasteiger charge is -2.15. The number of nitrogens with two attached hydrogens (primary N) is 1. The first-order valence-corrected chi connectivity index (χ1v) is 11.2. The number of aromatic nitrogens is 3. The van der Waals surface area contributed by atoms with E-state index in [-0.39, 0.29) is 23.5 Å². The molecule has 0 saturated heterocycles. The minimum Gasteiger partial charge on any atom is -0.364 e. The summed E-state index contributed by atoms with van der Waals surface area (Å²) in [6.45, 7) is 3.09. The maximum atomic E-state index is 14.4. The second-order valence-corrected chi connectivity index (χ2v) is 8.62. The minimum absolute atomic E-state index is 0.0443. The number of nitrogens with zero attached hydrogens (tertiary/aromatic N) is 4. The molecular formula is C26H21F3N6O2. The van der Waals surface area contributed by atoms with Crippen LogP contribution in [0.5, 0.6) is 0 Å². The van der Waals surface area contributed by atoms with E-state index >= 15 is 0 Å². The van der Waals surface area contributed by atoms with Crippen LogP contribution in [0.15, 0.2) is 54.6 Å². The van der Waals surface area contributed by atoms with Crippen molar-refractivity contribution < 1.29 is 22.8 Å². The van der Waals surface area contributed by atoms with Crippen molar-refractivity contribution in [3.63, 3.8) is 0 Å². The van der Waals surface area contributed by atoms with E-state index in [2.05, 4.69) is 15.4 Å². The second kappa shape index (κ2) is 9.73. The molecule has 0 saturated carbocycles. The van der Waals surface area contributed by atoms with E-state index in [0.717, 1.165) is 10.7 Å². The number of primary amides is 1. The highest BCUT2D eigenvalue weighted by molar-refractivity contribution is 6.14. The zero-order valence-corrected chi connectivity index (χ0v) is 19.8. The molecule has 0 bridgehead atoms. The maximum absolute atomic E-state index is 14.4. The Hall–Kier alpha value is -4.72. The largest absolute Gasteiger partial charge is 0.435 e. The summed E-state index contributed by atoms with van der Waals surface area (Å²) in [5.41, 5.74) is 4.71. The summed E-state index contributed by atoms with van der Waals surface area (Å²) < 4.78 is 43.9. The number of nitriles is 1.